The molecule has 0 spiro atoms. The van der Waals surface area contributed by atoms with Crippen LogP contribution in [0.15, 0.2) is 0 Å². The summed E-state index contributed by atoms with van der Waals surface area (Å²) in [5, 5.41) is 0. The van der Waals surface area contributed by atoms with E-state index >= 15 is 0 Å². The van der Waals surface area contributed by atoms with Gasteiger partial charge in [0.05, 0.1) is 5.41 Å². The minimum Gasteiger partial charge on any atom is -0.457 e. The second kappa shape index (κ2) is 4.11. The van der Waals surface area contributed by atoms with Gasteiger partial charge in [0.1, 0.15) is 6.61 Å². The number of carbonyl (C=O) groups is 2. The average Bonchev–Trinajstić information content (AvgIpc) is 1.97. The second-order valence-electron chi connectivity index (χ2n) is 5.15. The molecule has 0 heterocycles. The fraction of sp³-hybridized carbons (Fsp3) is 0.818. The molecule has 82 valence electrons. The average molecular weight is 200 g/mol. The van der Waals surface area contributed by atoms with E-state index in [0.29, 0.717) is 0 Å². The number of ether oxygens (including phenoxy) is 1. The van der Waals surface area contributed by atoms with Crippen molar-refractivity contribution in [3.63, 3.8) is 0 Å². The van der Waals surface area contributed by atoms with Crippen LogP contribution in [0, 0.1) is 10.8 Å². The lowest BCUT2D eigenvalue weighted by molar-refractivity contribution is -0.162. The third-order valence-electron chi connectivity index (χ3n) is 2.79. The second-order valence-corrected chi connectivity index (χ2v) is 5.15. The molecule has 0 rings (SSSR count). The van der Waals surface area contributed by atoms with Crippen LogP contribution in [0.1, 0.15) is 41.5 Å². The van der Waals surface area contributed by atoms with E-state index in [1.165, 1.54) is 6.92 Å². The van der Waals surface area contributed by atoms with Crippen molar-refractivity contribution in [3.05, 3.63) is 0 Å². The summed E-state index contributed by atoms with van der Waals surface area (Å²) in [5.41, 5.74) is -0.761. The third kappa shape index (κ3) is 3.13. The molecule has 0 unspecified atom stereocenters. The first-order chi connectivity index (χ1) is 6.09. The minimum atomic E-state index is -0.581. The van der Waals surface area contributed by atoms with Crippen molar-refractivity contribution in [2.75, 3.05) is 6.61 Å². The summed E-state index contributed by atoms with van der Waals surface area (Å²) in [4.78, 5) is 22.3. The standard InChI is InChI=1S/C11H20O3/c1-8(12)7-14-9(13)11(5,6)10(2,3)4/h7H2,1-6H3. The fourth-order valence-corrected chi connectivity index (χ4v) is 0.654. The van der Waals surface area contributed by atoms with Gasteiger partial charge in [-0.05, 0) is 26.2 Å². The molecule has 0 aliphatic rings. The van der Waals surface area contributed by atoms with E-state index in [0.717, 1.165) is 0 Å². The maximum atomic E-state index is 11.6. The number of hydrogen-bond acceptors (Lipinski definition) is 3. The lowest BCUT2D eigenvalue weighted by Crippen LogP contribution is -2.39. The van der Waals surface area contributed by atoms with Crippen LogP contribution in [0.4, 0.5) is 0 Å². The molecule has 14 heavy (non-hydrogen) atoms. The van der Waals surface area contributed by atoms with Crippen molar-refractivity contribution < 1.29 is 14.3 Å². The molecule has 0 aliphatic heterocycles. The molecule has 0 N–H and O–H groups in total. The third-order valence-corrected chi connectivity index (χ3v) is 2.79. The molecule has 0 aromatic carbocycles. The molecule has 0 bridgehead atoms. The van der Waals surface area contributed by atoms with Gasteiger partial charge < -0.3 is 4.74 Å². The molecule has 0 fully saturated rings. The molecule has 0 saturated heterocycles. The Labute approximate surface area is 85.8 Å². The number of rotatable bonds is 3. The first kappa shape index (κ1) is 13.1. The van der Waals surface area contributed by atoms with Crippen LogP contribution in [0.5, 0.6) is 0 Å². The Bertz CT molecular complexity index is 233. The van der Waals surface area contributed by atoms with Gasteiger partial charge in [0, 0.05) is 0 Å². The Kier molecular flexibility index (Phi) is 3.86. The van der Waals surface area contributed by atoms with Gasteiger partial charge in [-0.1, -0.05) is 20.8 Å². The molecule has 0 aromatic rings. The summed E-state index contributed by atoms with van der Waals surface area (Å²) in [7, 11) is 0. The van der Waals surface area contributed by atoms with E-state index < -0.39 is 5.41 Å². The smallest absolute Gasteiger partial charge is 0.312 e. The van der Waals surface area contributed by atoms with Crippen molar-refractivity contribution in [2.45, 2.75) is 41.5 Å². The zero-order valence-electron chi connectivity index (χ0n) is 9.93. The monoisotopic (exact) mass is 200 g/mol. The first-order valence-electron chi connectivity index (χ1n) is 4.75. The molecule has 3 nitrogen and oxygen atoms in total. The van der Waals surface area contributed by atoms with Crippen molar-refractivity contribution in [1.82, 2.24) is 0 Å². The van der Waals surface area contributed by atoms with Crippen LogP contribution < -0.4 is 0 Å². The highest BCUT2D eigenvalue weighted by Crippen LogP contribution is 2.38. The van der Waals surface area contributed by atoms with Crippen molar-refractivity contribution in [1.29, 1.82) is 0 Å². The van der Waals surface area contributed by atoms with Crippen LogP contribution >= 0.6 is 0 Å². The van der Waals surface area contributed by atoms with Gasteiger partial charge in [0.2, 0.25) is 0 Å². The van der Waals surface area contributed by atoms with Gasteiger partial charge in [-0.25, -0.2) is 0 Å². The van der Waals surface area contributed by atoms with Gasteiger partial charge in [0.15, 0.2) is 5.78 Å². The van der Waals surface area contributed by atoms with Crippen molar-refractivity contribution >= 4 is 11.8 Å². The predicted molar refractivity (Wildman–Crippen MR) is 54.9 cm³/mol. The summed E-state index contributed by atoms with van der Waals surface area (Å²) in [6, 6.07) is 0. The highest BCUT2D eigenvalue weighted by atomic mass is 16.5. The van der Waals surface area contributed by atoms with E-state index in [9.17, 15) is 9.59 Å². The van der Waals surface area contributed by atoms with Crippen molar-refractivity contribution in [2.24, 2.45) is 10.8 Å². The van der Waals surface area contributed by atoms with Gasteiger partial charge in [0.25, 0.3) is 0 Å². The lowest BCUT2D eigenvalue weighted by Gasteiger charge is -2.36. The Balaban J connectivity index is 4.45. The molecular weight excluding hydrogens is 180 g/mol. The maximum Gasteiger partial charge on any atom is 0.312 e. The van der Waals surface area contributed by atoms with E-state index in [2.05, 4.69) is 0 Å². The van der Waals surface area contributed by atoms with Crippen LogP contribution in [-0.4, -0.2) is 18.4 Å². The molecule has 0 saturated carbocycles. The molecular formula is C11H20O3. The lowest BCUT2D eigenvalue weighted by atomic mass is 9.69. The summed E-state index contributed by atoms with van der Waals surface area (Å²) in [5.74, 6) is -0.455. The maximum absolute atomic E-state index is 11.6. The van der Waals surface area contributed by atoms with Gasteiger partial charge in [-0.3, -0.25) is 9.59 Å². The number of esters is 1. The Hall–Kier alpha value is -0.860. The normalized spacial score (nSPS) is 12.4. The predicted octanol–water partition coefficient (Wildman–Crippen LogP) is 2.19. The summed E-state index contributed by atoms with van der Waals surface area (Å²) in [6.07, 6.45) is 0. The number of hydrogen-bond donors (Lipinski definition) is 0. The molecule has 0 radical (unpaired) electrons. The van der Waals surface area contributed by atoms with Gasteiger partial charge in [-0.15, -0.1) is 0 Å². The fourth-order valence-electron chi connectivity index (χ4n) is 0.654. The summed E-state index contributed by atoms with van der Waals surface area (Å²) < 4.78 is 4.91. The Morgan fingerprint density at radius 3 is 1.79 bits per heavy atom. The molecule has 0 aliphatic carbocycles. The molecule has 0 atom stereocenters. The van der Waals surface area contributed by atoms with E-state index in [1.54, 1.807) is 0 Å². The highest BCUT2D eigenvalue weighted by molar-refractivity contribution is 5.82. The van der Waals surface area contributed by atoms with E-state index in [4.69, 9.17) is 4.74 Å². The quantitative estimate of drug-likeness (QED) is 0.656. The molecule has 3 heteroatoms. The minimum absolute atomic E-state index is 0.127. The highest BCUT2D eigenvalue weighted by Gasteiger charge is 2.41. The SMILES string of the molecule is CC(=O)COC(=O)C(C)(C)C(C)(C)C. The first-order valence-corrected chi connectivity index (χ1v) is 4.75. The van der Waals surface area contributed by atoms with Crippen LogP contribution in [0.25, 0.3) is 0 Å². The molecule has 0 aromatic heterocycles. The Morgan fingerprint density at radius 1 is 1.07 bits per heavy atom. The van der Waals surface area contributed by atoms with E-state index in [1.807, 2.05) is 34.6 Å². The van der Waals surface area contributed by atoms with E-state index in [-0.39, 0.29) is 23.8 Å². The zero-order valence-corrected chi connectivity index (χ0v) is 9.93. The largest absolute Gasteiger partial charge is 0.457 e. The molecule has 0 amide bonds. The van der Waals surface area contributed by atoms with Crippen LogP contribution in [0.3, 0.4) is 0 Å². The van der Waals surface area contributed by atoms with Crippen molar-refractivity contribution in [3.8, 4) is 0 Å². The van der Waals surface area contributed by atoms with Gasteiger partial charge in [-0.2, -0.15) is 0 Å². The number of ketones is 1. The summed E-state index contributed by atoms with van der Waals surface area (Å²) >= 11 is 0. The van der Waals surface area contributed by atoms with Gasteiger partial charge >= 0.3 is 5.97 Å². The Morgan fingerprint density at radius 2 is 1.50 bits per heavy atom. The number of Topliss-reactive ketones (excluding diaryl/α,β-unsaturated/α-hetero) is 1. The zero-order chi connectivity index (χ0) is 11.6. The number of carbonyl (C=O) groups excluding carboxylic acids is 2. The van der Waals surface area contributed by atoms with Crippen LogP contribution in [-0.2, 0) is 14.3 Å². The topological polar surface area (TPSA) is 43.4 Å². The summed E-state index contributed by atoms with van der Waals surface area (Å²) in [6.45, 7) is 10.9. The van der Waals surface area contributed by atoms with Crippen LogP contribution in [0.2, 0.25) is 0 Å².